The number of nitrogens with zero attached hydrogens (tertiary/aromatic N) is 3. The molecule has 1 aromatic rings. The van der Waals surface area contributed by atoms with E-state index in [1.54, 1.807) is 4.68 Å². The molecule has 0 bridgehead atoms. The highest BCUT2D eigenvalue weighted by atomic mass is 35.5. The maximum absolute atomic E-state index is 5.34. The molecule has 2 N–H and O–H groups in total. The summed E-state index contributed by atoms with van der Waals surface area (Å²) in [6.07, 6.45) is 1.44. The monoisotopic (exact) mass is 148 g/mol. The van der Waals surface area contributed by atoms with Crippen LogP contribution in [0.5, 0.6) is 0 Å². The Labute approximate surface area is 59.5 Å². The van der Waals surface area contributed by atoms with E-state index in [9.17, 15) is 0 Å². The van der Waals surface area contributed by atoms with Gasteiger partial charge in [0.15, 0.2) is 0 Å². The zero-order valence-electron chi connectivity index (χ0n) is 5.11. The number of hydrogen-bond donors (Lipinski definition) is 1. The van der Waals surface area contributed by atoms with Gasteiger partial charge in [-0.15, -0.1) is 12.4 Å². The number of halogens is 1. The van der Waals surface area contributed by atoms with Crippen LogP contribution < -0.4 is 5.73 Å². The molecule has 1 rings (SSSR count). The fourth-order valence-electron chi connectivity index (χ4n) is 0.517. The number of aromatic nitrogens is 3. The van der Waals surface area contributed by atoms with Crippen LogP contribution in [-0.2, 0) is 6.54 Å². The van der Waals surface area contributed by atoms with Crippen molar-refractivity contribution >= 4 is 18.4 Å². The standard InChI is InChI=1S/C4H8N4.ClH/c1-2-8-4(5)6-3-7-8;/h3H,2H2,1H3,(H2,5,6,7);1H. The molecule has 0 atom stereocenters. The van der Waals surface area contributed by atoms with Gasteiger partial charge in [0.1, 0.15) is 6.33 Å². The molecule has 0 aromatic carbocycles. The van der Waals surface area contributed by atoms with E-state index in [2.05, 4.69) is 10.1 Å². The first-order chi connectivity index (χ1) is 3.84. The first kappa shape index (κ1) is 8.23. The summed E-state index contributed by atoms with van der Waals surface area (Å²) in [5, 5.41) is 3.81. The molecule has 0 fully saturated rings. The van der Waals surface area contributed by atoms with E-state index < -0.39 is 0 Å². The molecule has 9 heavy (non-hydrogen) atoms. The van der Waals surface area contributed by atoms with Gasteiger partial charge in [0.25, 0.3) is 0 Å². The van der Waals surface area contributed by atoms with Gasteiger partial charge in [0.05, 0.1) is 0 Å². The van der Waals surface area contributed by atoms with Gasteiger partial charge in [-0.05, 0) is 6.92 Å². The van der Waals surface area contributed by atoms with Gasteiger partial charge >= 0.3 is 0 Å². The van der Waals surface area contributed by atoms with Gasteiger partial charge in [0.2, 0.25) is 5.95 Å². The van der Waals surface area contributed by atoms with Crippen LogP contribution in [0.2, 0.25) is 0 Å². The summed E-state index contributed by atoms with van der Waals surface area (Å²) in [4.78, 5) is 3.72. The van der Waals surface area contributed by atoms with Crippen LogP contribution in [-0.4, -0.2) is 14.8 Å². The molecule has 0 aliphatic rings. The Morgan fingerprint density at radius 2 is 2.44 bits per heavy atom. The van der Waals surface area contributed by atoms with Crippen molar-refractivity contribution in [1.29, 1.82) is 0 Å². The van der Waals surface area contributed by atoms with Crippen molar-refractivity contribution in [2.24, 2.45) is 0 Å². The van der Waals surface area contributed by atoms with Crippen molar-refractivity contribution in [2.45, 2.75) is 13.5 Å². The van der Waals surface area contributed by atoms with E-state index in [4.69, 9.17) is 5.73 Å². The third-order valence-corrected chi connectivity index (χ3v) is 0.945. The van der Waals surface area contributed by atoms with Crippen LogP contribution in [0, 0.1) is 0 Å². The Balaban J connectivity index is 0.000000640. The molecule has 0 radical (unpaired) electrons. The van der Waals surface area contributed by atoms with Crippen LogP contribution in [0.3, 0.4) is 0 Å². The topological polar surface area (TPSA) is 56.7 Å². The fraction of sp³-hybridized carbons (Fsp3) is 0.500. The van der Waals surface area contributed by atoms with Crippen molar-refractivity contribution in [1.82, 2.24) is 14.8 Å². The van der Waals surface area contributed by atoms with Gasteiger partial charge < -0.3 is 5.73 Å². The minimum absolute atomic E-state index is 0. The summed E-state index contributed by atoms with van der Waals surface area (Å²) in [6, 6.07) is 0. The number of hydrogen-bond acceptors (Lipinski definition) is 3. The normalized spacial score (nSPS) is 8.56. The SMILES string of the molecule is CCn1ncnc1N.Cl. The summed E-state index contributed by atoms with van der Waals surface area (Å²) >= 11 is 0. The summed E-state index contributed by atoms with van der Waals surface area (Å²) < 4.78 is 1.62. The lowest BCUT2D eigenvalue weighted by Gasteiger charge is -1.92. The molecular weight excluding hydrogens is 140 g/mol. The van der Waals surface area contributed by atoms with Crippen molar-refractivity contribution < 1.29 is 0 Å². The first-order valence-corrected chi connectivity index (χ1v) is 2.48. The highest BCUT2D eigenvalue weighted by molar-refractivity contribution is 5.85. The Morgan fingerprint density at radius 1 is 1.78 bits per heavy atom. The van der Waals surface area contributed by atoms with Crippen LogP contribution >= 0.6 is 12.4 Å². The van der Waals surface area contributed by atoms with E-state index >= 15 is 0 Å². The van der Waals surface area contributed by atoms with Crippen molar-refractivity contribution in [3.05, 3.63) is 6.33 Å². The molecule has 0 spiro atoms. The zero-order chi connectivity index (χ0) is 5.98. The maximum Gasteiger partial charge on any atom is 0.218 e. The molecule has 0 unspecified atom stereocenters. The van der Waals surface area contributed by atoms with Crippen LogP contribution in [0.1, 0.15) is 6.92 Å². The third kappa shape index (κ3) is 1.57. The quantitative estimate of drug-likeness (QED) is 0.624. The van der Waals surface area contributed by atoms with Crippen LogP contribution in [0.25, 0.3) is 0 Å². The lowest BCUT2D eigenvalue weighted by molar-refractivity contribution is 0.669. The molecule has 1 aromatic heterocycles. The minimum atomic E-state index is 0. The number of anilines is 1. The Bertz CT molecular complexity index is 173. The number of nitrogen functional groups attached to an aromatic ring is 1. The average Bonchev–Trinajstić information content (AvgIpc) is 2.14. The molecule has 0 aliphatic carbocycles. The smallest absolute Gasteiger partial charge is 0.218 e. The molecule has 0 saturated carbocycles. The maximum atomic E-state index is 5.34. The van der Waals surface area contributed by atoms with Gasteiger partial charge in [0, 0.05) is 6.54 Å². The molecule has 4 nitrogen and oxygen atoms in total. The van der Waals surface area contributed by atoms with Crippen molar-refractivity contribution in [3.63, 3.8) is 0 Å². The Morgan fingerprint density at radius 3 is 2.67 bits per heavy atom. The Hall–Kier alpha value is -0.770. The number of rotatable bonds is 1. The van der Waals surface area contributed by atoms with Gasteiger partial charge in [-0.1, -0.05) is 0 Å². The van der Waals surface area contributed by atoms with E-state index in [1.807, 2.05) is 6.92 Å². The zero-order valence-corrected chi connectivity index (χ0v) is 5.93. The number of nitrogens with two attached hydrogens (primary N) is 1. The molecule has 5 heteroatoms. The molecule has 0 amide bonds. The van der Waals surface area contributed by atoms with Crippen LogP contribution in [0.15, 0.2) is 6.33 Å². The number of aryl methyl sites for hydroxylation is 1. The lowest BCUT2D eigenvalue weighted by Crippen LogP contribution is -2.01. The third-order valence-electron chi connectivity index (χ3n) is 0.945. The van der Waals surface area contributed by atoms with Crippen molar-refractivity contribution in [3.8, 4) is 0 Å². The van der Waals surface area contributed by atoms with E-state index in [0.717, 1.165) is 6.54 Å². The second-order valence-electron chi connectivity index (χ2n) is 1.43. The second-order valence-corrected chi connectivity index (χ2v) is 1.43. The molecular formula is C4H9ClN4. The molecule has 52 valence electrons. The predicted octanol–water partition coefficient (Wildman–Crippen LogP) is 0.302. The largest absolute Gasteiger partial charge is 0.368 e. The van der Waals surface area contributed by atoms with Gasteiger partial charge in [-0.2, -0.15) is 5.10 Å². The minimum Gasteiger partial charge on any atom is -0.368 e. The summed E-state index contributed by atoms with van der Waals surface area (Å²) in [6.45, 7) is 2.75. The second kappa shape index (κ2) is 3.29. The molecule has 1 heterocycles. The van der Waals surface area contributed by atoms with E-state index in [1.165, 1.54) is 6.33 Å². The highest BCUT2D eigenvalue weighted by Gasteiger charge is 1.91. The summed E-state index contributed by atoms with van der Waals surface area (Å²) in [7, 11) is 0. The van der Waals surface area contributed by atoms with E-state index in [-0.39, 0.29) is 12.4 Å². The van der Waals surface area contributed by atoms with Gasteiger partial charge in [-0.3, -0.25) is 0 Å². The molecule has 0 saturated heterocycles. The van der Waals surface area contributed by atoms with Crippen LogP contribution in [0.4, 0.5) is 5.95 Å². The summed E-state index contributed by atoms with van der Waals surface area (Å²) in [5.41, 5.74) is 5.34. The molecule has 0 aliphatic heterocycles. The van der Waals surface area contributed by atoms with Gasteiger partial charge in [-0.25, -0.2) is 9.67 Å². The van der Waals surface area contributed by atoms with E-state index in [0.29, 0.717) is 5.95 Å². The Kier molecular flexibility index (Phi) is 3.01. The fourth-order valence-corrected chi connectivity index (χ4v) is 0.517. The lowest BCUT2D eigenvalue weighted by atomic mass is 10.8. The summed E-state index contributed by atoms with van der Waals surface area (Å²) in [5.74, 6) is 0.479. The predicted molar refractivity (Wildman–Crippen MR) is 37.4 cm³/mol. The average molecular weight is 149 g/mol. The highest BCUT2D eigenvalue weighted by Crippen LogP contribution is 1.90. The van der Waals surface area contributed by atoms with Crippen molar-refractivity contribution in [2.75, 3.05) is 5.73 Å². The first-order valence-electron chi connectivity index (χ1n) is 2.48.